The summed E-state index contributed by atoms with van der Waals surface area (Å²) in [6.45, 7) is 3.57. The number of ether oxygens (including phenoxy) is 1. The number of carbonyl (C=O) groups is 1. The summed E-state index contributed by atoms with van der Waals surface area (Å²) in [5.74, 6) is -0.0380. The predicted octanol–water partition coefficient (Wildman–Crippen LogP) is 5.17. The molecule has 1 aliphatic heterocycles. The summed E-state index contributed by atoms with van der Waals surface area (Å²) in [6.07, 6.45) is 8.21. The molecule has 0 unspecified atom stereocenters. The minimum Gasteiger partial charge on any atom is -0.496 e. The number of likely N-dealkylation sites (tertiary alicyclic amines) is 1. The van der Waals surface area contributed by atoms with Gasteiger partial charge in [-0.25, -0.2) is 4.79 Å². The van der Waals surface area contributed by atoms with E-state index in [2.05, 4.69) is 57.0 Å². The third-order valence-electron chi connectivity index (χ3n) is 6.85. The van der Waals surface area contributed by atoms with Crippen LogP contribution in [0.15, 0.2) is 73.2 Å². The third kappa shape index (κ3) is 4.54. The highest BCUT2D eigenvalue weighted by molar-refractivity contribution is 5.91. The first kappa shape index (κ1) is 22.2. The van der Waals surface area contributed by atoms with E-state index >= 15 is 0 Å². The molecule has 0 saturated carbocycles. The van der Waals surface area contributed by atoms with E-state index in [1.807, 2.05) is 18.5 Å². The first-order valence-electron chi connectivity index (χ1n) is 11.7. The van der Waals surface area contributed by atoms with Crippen molar-refractivity contribution in [2.24, 2.45) is 0 Å². The van der Waals surface area contributed by atoms with Crippen molar-refractivity contribution >= 4 is 16.9 Å². The molecule has 1 aliphatic rings. The molecule has 1 N–H and O–H groups in total. The molecule has 0 atom stereocenters. The molecule has 174 valence electrons. The number of methoxy groups -OCH3 is 1. The van der Waals surface area contributed by atoms with Gasteiger partial charge in [0.15, 0.2) is 0 Å². The van der Waals surface area contributed by atoms with Crippen LogP contribution < -0.4 is 4.74 Å². The second-order valence-electron chi connectivity index (χ2n) is 8.98. The lowest BCUT2D eigenvalue weighted by molar-refractivity contribution is 0.0693. The average Bonchev–Trinajstić information content (AvgIpc) is 3.23. The number of nitrogens with zero attached hydrogens (tertiary/aromatic N) is 3. The Morgan fingerprint density at radius 3 is 2.53 bits per heavy atom. The summed E-state index contributed by atoms with van der Waals surface area (Å²) >= 11 is 0. The number of para-hydroxylation sites is 1. The molecule has 2 aromatic carbocycles. The highest BCUT2D eigenvalue weighted by Gasteiger charge is 2.24. The van der Waals surface area contributed by atoms with Gasteiger partial charge in [0.25, 0.3) is 0 Å². The summed E-state index contributed by atoms with van der Waals surface area (Å²) < 4.78 is 7.55. The van der Waals surface area contributed by atoms with Gasteiger partial charge in [0, 0.05) is 42.6 Å². The number of rotatable bonds is 7. The smallest absolute Gasteiger partial charge is 0.339 e. The Hall–Kier alpha value is -3.64. The van der Waals surface area contributed by atoms with Crippen molar-refractivity contribution in [2.75, 3.05) is 20.2 Å². The lowest BCUT2D eigenvalue weighted by atomic mass is 9.89. The molecule has 34 heavy (non-hydrogen) atoms. The first-order chi connectivity index (χ1) is 16.6. The molecule has 0 aliphatic carbocycles. The fourth-order valence-corrected chi connectivity index (χ4v) is 5.10. The van der Waals surface area contributed by atoms with Crippen LogP contribution in [-0.2, 0) is 13.1 Å². The molecule has 6 nitrogen and oxygen atoms in total. The average molecular weight is 456 g/mol. The van der Waals surface area contributed by atoms with Crippen LogP contribution in [0.3, 0.4) is 0 Å². The molecule has 5 rings (SSSR count). The van der Waals surface area contributed by atoms with Crippen LogP contribution in [0.4, 0.5) is 0 Å². The number of aromatic carboxylic acids is 1. The number of fused-ring (bicyclic) bond motifs is 1. The van der Waals surface area contributed by atoms with Gasteiger partial charge in [-0.1, -0.05) is 24.3 Å². The molecule has 1 fully saturated rings. The monoisotopic (exact) mass is 455 g/mol. The maximum absolute atomic E-state index is 11.6. The van der Waals surface area contributed by atoms with Crippen LogP contribution in [0.1, 0.15) is 45.8 Å². The minimum atomic E-state index is -0.958. The molecule has 0 amide bonds. The highest BCUT2D eigenvalue weighted by atomic mass is 16.5. The molecule has 4 aromatic rings. The lowest BCUT2D eigenvalue weighted by Crippen LogP contribution is -2.32. The number of benzene rings is 2. The van der Waals surface area contributed by atoms with Crippen molar-refractivity contribution in [3.8, 4) is 5.75 Å². The molecular weight excluding hydrogens is 426 g/mol. The highest BCUT2D eigenvalue weighted by Crippen LogP contribution is 2.35. The Bertz CT molecular complexity index is 1290. The van der Waals surface area contributed by atoms with Crippen molar-refractivity contribution in [2.45, 2.75) is 31.8 Å². The van der Waals surface area contributed by atoms with Crippen LogP contribution in [-0.4, -0.2) is 45.7 Å². The van der Waals surface area contributed by atoms with Crippen molar-refractivity contribution < 1.29 is 14.6 Å². The van der Waals surface area contributed by atoms with E-state index in [1.54, 1.807) is 12.1 Å². The van der Waals surface area contributed by atoms with Gasteiger partial charge in [0.05, 0.1) is 7.11 Å². The maximum Gasteiger partial charge on any atom is 0.339 e. The number of carboxylic acid groups (broad SMARTS) is 1. The first-order valence-corrected chi connectivity index (χ1v) is 11.7. The largest absolute Gasteiger partial charge is 0.496 e. The normalized spacial score (nSPS) is 15.0. The van der Waals surface area contributed by atoms with E-state index < -0.39 is 5.97 Å². The van der Waals surface area contributed by atoms with Crippen LogP contribution in [0.25, 0.3) is 10.9 Å². The standard InChI is InChI=1S/C28H29N3O3/c1-34-27-7-6-21(16-24(27)28(32)33)17-30-14-10-22(11-15-30)25-19-31(18-20-8-12-29-13-9-20)26-5-3-2-4-23(25)26/h2-9,12-13,16,19,22H,10-11,14-15,17-18H2,1H3,(H,32,33). The summed E-state index contributed by atoms with van der Waals surface area (Å²) in [7, 11) is 1.50. The van der Waals surface area contributed by atoms with Crippen molar-refractivity contribution in [3.63, 3.8) is 0 Å². The molecule has 1 saturated heterocycles. The topological polar surface area (TPSA) is 67.6 Å². The second kappa shape index (κ2) is 9.69. The summed E-state index contributed by atoms with van der Waals surface area (Å²) in [4.78, 5) is 18.1. The quantitative estimate of drug-likeness (QED) is 0.416. The van der Waals surface area contributed by atoms with Gasteiger partial charge in [-0.2, -0.15) is 0 Å². The zero-order valence-corrected chi connectivity index (χ0v) is 19.4. The number of hydrogen-bond acceptors (Lipinski definition) is 4. The molecule has 2 aromatic heterocycles. The van der Waals surface area contributed by atoms with E-state index in [0.717, 1.165) is 44.6 Å². The van der Waals surface area contributed by atoms with E-state index in [1.165, 1.54) is 29.1 Å². The maximum atomic E-state index is 11.6. The Kier molecular flexibility index (Phi) is 6.32. The number of aromatic nitrogens is 2. The Balaban J connectivity index is 1.30. The van der Waals surface area contributed by atoms with E-state index in [-0.39, 0.29) is 5.56 Å². The van der Waals surface area contributed by atoms with Crippen molar-refractivity contribution in [1.29, 1.82) is 0 Å². The third-order valence-corrected chi connectivity index (χ3v) is 6.85. The van der Waals surface area contributed by atoms with Gasteiger partial charge in [0.2, 0.25) is 0 Å². The number of pyridine rings is 1. The molecule has 3 heterocycles. The zero-order valence-electron chi connectivity index (χ0n) is 19.4. The van der Waals surface area contributed by atoms with Crippen molar-refractivity contribution in [3.05, 3.63) is 95.4 Å². The van der Waals surface area contributed by atoms with Gasteiger partial charge >= 0.3 is 5.97 Å². The number of hydrogen-bond donors (Lipinski definition) is 1. The summed E-state index contributed by atoms with van der Waals surface area (Å²) in [5.41, 5.74) is 5.18. The Labute approximate surface area is 199 Å². The van der Waals surface area contributed by atoms with Gasteiger partial charge in [-0.05, 0) is 78.9 Å². The van der Waals surface area contributed by atoms with E-state index in [9.17, 15) is 9.90 Å². The lowest BCUT2D eigenvalue weighted by Gasteiger charge is -2.32. The molecule has 0 radical (unpaired) electrons. The molecule has 6 heteroatoms. The fourth-order valence-electron chi connectivity index (χ4n) is 5.10. The summed E-state index contributed by atoms with van der Waals surface area (Å²) in [6, 6.07) is 18.3. The fraction of sp³-hybridized carbons (Fsp3) is 0.286. The molecule has 0 spiro atoms. The van der Waals surface area contributed by atoms with Gasteiger partial charge in [-0.15, -0.1) is 0 Å². The van der Waals surface area contributed by atoms with E-state index in [4.69, 9.17) is 4.74 Å². The van der Waals surface area contributed by atoms with Crippen molar-refractivity contribution in [1.82, 2.24) is 14.5 Å². The Morgan fingerprint density at radius 2 is 1.79 bits per heavy atom. The molecule has 0 bridgehead atoms. The number of carboxylic acids is 1. The van der Waals surface area contributed by atoms with Gasteiger partial charge in [0.1, 0.15) is 11.3 Å². The van der Waals surface area contributed by atoms with Crippen LogP contribution in [0, 0.1) is 0 Å². The van der Waals surface area contributed by atoms with Gasteiger partial charge in [-0.3, -0.25) is 9.88 Å². The van der Waals surface area contributed by atoms with Gasteiger partial charge < -0.3 is 14.4 Å². The number of piperidine rings is 1. The molecular formula is C28H29N3O3. The summed E-state index contributed by atoms with van der Waals surface area (Å²) in [5, 5.41) is 10.8. The van der Waals surface area contributed by atoms with Crippen LogP contribution in [0.5, 0.6) is 5.75 Å². The Morgan fingerprint density at radius 1 is 1.03 bits per heavy atom. The van der Waals surface area contributed by atoms with Crippen LogP contribution >= 0.6 is 0 Å². The zero-order chi connectivity index (χ0) is 23.5. The van der Waals surface area contributed by atoms with Crippen LogP contribution in [0.2, 0.25) is 0 Å². The second-order valence-corrected chi connectivity index (χ2v) is 8.98. The predicted molar refractivity (Wildman–Crippen MR) is 132 cm³/mol. The minimum absolute atomic E-state index is 0.219. The van der Waals surface area contributed by atoms with E-state index in [0.29, 0.717) is 11.7 Å². The SMILES string of the molecule is COc1ccc(CN2CCC(c3cn(Cc4ccncc4)c4ccccc34)CC2)cc1C(=O)O.